The van der Waals surface area contributed by atoms with Crippen LogP contribution in [0.15, 0.2) is 35.7 Å². The van der Waals surface area contributed by atoms with Gasteiger partial charge in [0.25, 0.3) is 5.91 Å². The highest BCUT2D eigenvalue weighted by Crippen LogP contribution is 2.31. The van der Waals surface area contributed by atoms with Crippen LogP contribution in [0, 0.1) is 0 Å². The number of amides is 1. The van der Waals surface area contributed by atoms with Gasteiger partial charge in [0, 0.05) is 5.69 Å². The molecule has 0 bridgehead atoms. The number of benzene rings is 1. The quantitative estimate of drug-likeness (QED) is 0.816. The van der Waals surface area contributed by atoms with Crippen molar-refractivity contribution in [3.63, 3.8) is 0 Å². The van der Waals surface area contributed by atoms with Crippen LogP contribution in [0.25, 0.3) is 0 Å². The molecule has 2 aromatic rings. The first-order chi connectivity index (χ1) is 9.67. The number of anilines is 1. The summed E-state index contributed by atoms with van der Waals surface area (Å²) >= 11 is 1.47. The Balaban J connectivity index is 2.36. The Bertz CT molecular complexity index is 575. The van der Waals surface area contributed by atoms with E-state index in [1.54, 1.807) is 0 Å². The minimum Gasteiger partial charge on any atom is -0.321 e. The number of carbonyl (C=O) groups excluding carboxylic acids is 1. The summed E-state index contributed by atoms with van der Waals surface area (Å²) in [5, 5.41) is 5.05. The van der Waals surface area contributed by atoms with Crippen molar-refractivity contribution in [3.05, 3.63) is 51.7 Å². The van der Waals surface area contributed by atoms with Gasteiger partial charge in [0.1, 0.15) is 0 Å². The predicted molar refractivity (Wildman–Crippen MR) is 86.8 cm³/mol. The van der Waals surface area contributed by atoms with Gasteiger partial charge in [-0.3, -0.25) is 4.79 Å². The molecule has 0 saturated carbocycles. The van der Waals surface area contributed by atoms with E-state index in [9.17, 15) is 4.79 Å². The fourth-order valence-corrected chi connectivity index (χ4v) is 2.90. The van der Waals surface area contributed by atoms with Gasteiger partial charge in [-0.05, 0) is 41.3 Å². The molecule has 0 spiro atoms. The van der Waals surface area contributed by atoms with Gasteiger partial charge in [-0.15, -0.1) is 11.3 Å². The van der Waals surface area contributed by atoms with Crippen LogP contribution >= 0.6 is 11.3 Å². The highest BCUT2D eigenvalue weighted by Gasteiger charge is 2.15. The number of aryl methyl sites for hydroxylation is 1. The molecule has 0 saturated heterocycles. The van der Waals surface area contributed by atoms with E-state index in [1.165, 1.54) is 22.5 Å². The first kappa shape index (κ1) is 14.8. The lowest BCUT2D eigenvalue weighted by Crippen LogP contribution is -2.14. The standard InChI is InChI=1S/C17H21NOS/c1-4-12(3)14-9-6-8-13(5-2)16(14)18-17(19)15-10-7-11-20-15/h6-12H,4-5H2,1-3H3,(H,18,19)/t12-/m1/s1. The molecular formula is C17H21NOS. The fourth-order valence-electron chi connectivity index (χ4n) is 2.28. The first-order valence-electron chi connectivity index (χ1n) is 7.14. The number of hydrogen-bond donors (Lipinski definition) is 1. The van der Waals surface area contributed by atoms with Gasteiger partial charge in [-0.2, -0.15) is 0 Å². The van der Waals surface area contributed by atoms with Crippen LogP contribution in [-0.2, 0) is 6.42 Å². The van der Waals surface area contributed by atoms with E-state index in [1.807, 2.05) is 17.5 Å². The molecule has 1 atom stereocenters. The molecule has 0 aliphatic rings. The molecule has 0 fully saturated rings. The van der Waals surface area contributed by atoms with Gasteiger partial charge in [-0.25, -0.2) is 0 Å². The Morgan fingerprint density at radius 2 is 2.05 bits per heavy atom. The summed E-state index contributed by atoms with van der Waals surface area (Å²) in [5.74, 6) is 0.436. The molecule has 106 valence electrons. The lowest BCUT2D eigenvalue weighted by molar-refractivity contribution is 0.103. The summed E-state index contributed by atoms with van der Waals surface area (Å²) in [6, 6.07) is 10.1. The van der Waals surface area contributed by atoms with E-state index in [0.29, 0.717) is 5.92 Å². The minimum absolute atomic E-state index is 0.00884. The third kappa shape index (κ3) is 3.10. The van der Waals surface area contributed by atoms with Crippen molar-refractivity contribution >= 4 is 22.9 Å². The third-order valence-corrected chi connectivity index (χ3v) is 4.56. The average Bonchev–Trinajstić information content (AvgIpc) is 3.01. The SMILES string of the molecule is CCc1cccc([C@H](C)CC)c1NC(=O)c1cccs1. The molecular weight excluding hydrogens is 266 g/mol. The molecule has 0 aliphatic carbocycles. The minimum atomic E-state index is -0.00884. The molecule has 3 heteroatoms. The van der Waals surface area contributed by atoms with Crippen LogP contribution in [0.3, 0.4) is 0 Å². The molecule has 0 unspecified atom stereocenters. The molecule has 0 radical (unpaired) electrons. The summed E-state index contributed by atoms with van der Waals surface area (Å²) in [6.45, 7) is 6.50. The van der Waals surface area contributed by atoms with E-state index in [2.05, 4.69) is 44.3 Å². The van der Waals surface area contributed by atoms with Crippen LogP contribution in [-0.4, -0.2) is 5.91 Å². The van der Waals surface area contributed by atoms with Crippen LogP contribution in [0.2, 0.25) is 0 Å². The van der Waals surface area contributed by atoms with Crippen molar-refractivity contribution in [2.75, 3.05) is 5.32 Å². The van der Waals surface area contributed by atoms with Gasteiger partial charge in [-0.1, -0.05) is 45.0 Å². The van der Waals surface area contributed by atoms with Crippen molar-refractivity contribution in [2.45, 2.75) is 39.5 Å². The normalized spacial score (nSPS) is 12.2. The Labute approximate surface area is 124 Å². The zero-order valence-corrected chi connectivity index (χ0v) is 13.1. The van der Waals surface area contributed by atoms with Crippen molar-refractivity contribution < 1.29 is 4.79 Å². The summed E-state index contributed by atoms with van der Waals surface area (Å²) in [7, 11) is 0. The first-order valence-corrected chi connectivity index (χ1v) is 8.02. The Morgan fingerprint density at radius 3 is 2.65 bits per heavy atom. The molecule has 1 N–H and O–H groups in total. The summed E-state index contributed by atoms with van der Waals surface area (Å²) in [5.41, 5.74) is 3.44. The van der Waals surface area contributed by atoms with Crippen LogP contribution in [0.5, 0.6) is 0 Å². The van der Waals surface area contributed by atoms with Crippen molar-refractivity contribution in [1.82, 2.24) is 0 Å². The van der Waals surface area contributed by atoms with E-state index >= 15 is 0 Å². The number of nitrogens with one attached hydrogen (secondary N) is 1. The maximum atomic E-state index is 12.3. The van der Waals surface area contributed by atoms with Gasteiger partial charge in [0.05, 0.1) is 4.88 Å². The average molecular weight is 287 g/mol. The highest BCUT2D eigenvalue weighted by molar-refractivity contribution is 7.12. The van der Waals surface area contributed by atoms with Crippen molar-refractivity contribution in [3.8, 4) is 0 Å². The Kier molecular flexibility index (Phi) is 4.96. The lowest BCUT2D eigenvalue weighted by atomic mass is 9.93. The number of thiophene rings is 1. The maximum Gasteiger partial charge on any atom is 0.265 e. The van der Waals surface area contributed by atoms with E-state index < -0.39 is 0 Å². The number of rotatable bonds is 5. The van der Waals surface area contributed by atoms with E-state index in [4.69, 9.17) is 0 Å². The molecule has 20 heavy (non-hydrogen) atoms. The molecule has 1 aromatic heterocycles. The van der Waals surface area contributed by atoms with Gasteiger partial charge in [0.15, 0.2) is 0 Å². The summed E-state index contributed by atoms with van der Waals surface area (Å²) < 4.78 is 0. The number of para-hydroxylation sites is 1. The fraction of sp³-hybridized carbons (Fsp3) is 0.353. The Hall–Kier alpha value is -1.61. The summed E-state index contributed by atoms with van der Waals surface area (Å²) in [6.07, 6.45) is 1.99. The topological polar surface area (TPSA) is 29.1 Å². The van der Waals surface area contributed by atoms with Crippen molar-refractivity contribution in [1.29, 1.82) is 0 Å². The van der Waals surface area contributed by atoms with Gasteiger partial charge < -0.3 is 5.32 Å². The second-order valence-electron chi connectivity index (χ2n) is 4.98. The second kappa shape index (κ2) is 6.71. The number of hydrogen-bond acceptors (Lipinski definition) is 2. The lowest BCUT2D eigenvalue weighted by Gasteiger charge is -2.18. The second-order valence-corrected chi connectivity index (χ2v) is 5.92. The molecule has 1 amide bonds. The molecule has 1 heterocycles. The molecule has 2 nitrogen and oxygen atoms in total. The van der Waals surface area contributed by atoms with Crippen molar-refractivity contribution in [2.24, 2.45) is 0 Å². The molecule has 0 aliphatic heterocycles. The zero-order chi connectivity index (χ0) is 14.5. The third-order valence-electron chi connectivity index (χ3n) is 3.69. The van der Waals surface area contributed by atoms with Gasteiger partial charge in [0.2, 0.25) is 0 Å². The van der Waals surface area contributed by atoms with Crippen LogP contribution in [0.1, 0.15) is 53.9 Å². The van der Waals surface area contributed by atoms with E-state index in [-0.39, 0.29) is 5.91 Å². The molecule has 1 aromatic carbocycles. The van der Waals surface area contributed by atoms with Gasteiger partial charge >= 0.3 is 0 Å². The smallest absolute Gasteiger partial charge is 0.265 e. The van der Waals surface area contributed by atoms with E-state index in [0.717, 1.165) is 23.4 Å². The van der Waals surface area contributed by atoms with Crippen LogP contribution in [0.4, 0.5) is 5.69 Å². The Morgan fingerprint density at radius 1 is 1.25 bits per heavy atom. The molecule has 2 rings (SSSR count). The number of carbonyl (C=O) groups is 1. The maximum absolute atomic E-state index is 12.3. The largest absolute Gasteiger partial charge is 0.321 e. The monoisotopic (exact) mass is 287 g/mol. The highest BCUT2D eigenvalue weighted by atomic mass is 32.1. The summed E-state index contributed by atoms with van der Waals surface area (Å²) in [4.78, 5) is 13.1. The predicted octanol–water partition coefficient (Wildman–Crippen LogP) is 5.08. The van der Waals surface area contributed by atoms with Crippen LogP contribution < -0.4 is 5.32 Å². The zero-order valence-electron chi connectivity index (χ0n) is 12.3.